The van der Waals surface area contributed by atoms with Gasteiger partial charge in [-0.1, -0.05) is 291 Å². The van der Waals surface area contributed by atoms with E-state index in [0.29, 0.717) is 0 Å². The molecule has 16 rings (SSSR count). The molecule has 32 nitrogen and oxygen atoms in total. The van der Waals surface area contributed by atoms with Gasteiger partial charge in [-0.2, -0.15) is 0 Å². The SMILES string of the molecule is C[NH2+]C.C[NH2+]C.O.O.O.O.O.O.O=C([O-])c1ccc(-c2cc(-c3ccc(C(=O)[O-])cc3)cc(-c3ccc(C(=O)[O-])cc3)c2)cc1.O=C([O-])c1ccc(-c2cc(-c3ccc(C(=O)[O-])cc3)cc(-c3ccc(C(=O)[O-])cc3)c2)cc1.O=C([O-])c1ccc(-c2cc(-c3ccc(C(=O)[O-])cc3)cc(-c3ccc(C(=O)[O-])cc3)c2)cc1.O=C([O-])c1ccc(-c2cc(-c3ccc(C(=O)[O-])cc3)cc(-c3ccc(C(=O)[O-])cc3)c2)cc1.[Sr+2].[Sr+2].[Sr+2].[Sr+2].[Sr+2]. The molecular weight excluding hydrogens is 2290 g/mol. The van der Waals surface area contributed by atoms with Gasteiger partial charge in [-0.05, 0) is 273 Å². The number of hydrogen-bond donors (Lipinski definition) is 2. The minimum atomic E-state index is -1.27. The second-order valence-corrected chi connectivity index (χ2v) is 30.7. The van der Waals surface area contributed by atoms with Crippen molar-refractivity contribution in [1.82, 2.24) is 0 Å². The predicted molar refractivity (Wildman–Crippen MR) is 541 cm³/mol. The summed E-state index contributed by atoms with van der Waals surface area (Å²) in [5.41, 5.74) is 19.4. The van der Waals surface area contributed by atoms with Crippen LogP contribution < -0.4 is 71.9 Å². The van der Waals surface area contributed by atoms with E-state index in [1.807, 2.05) is 112 Å². The molecule has 149 heavy (non-hydrogen) atoms. The summed E-state index contributed by atoms with van der Waals surface area (Å²) in [7, 11) is 8.00. The summed E-state index contributed by atoms with van der Waals surface area (Å²) in [5, 5.41) is 137. The number of carbonyl (C=O) groups excluding carboxylic acids is 12. The summed E-state index contributed by atoms with van der Waals surface area (Å²) in [5.74, 6) is -15.2. The van der Waals surface area contributed by atoms with E-state index in [2.05, 4.69) is 0 Å². The summed E-state index contributed by atoms with van der Waals surface area (Å²) >= 11 is 0. The van der Waals surface area contributed by atoms with Gasteiger partial charge in [0.1, 0.15) is 0 Å². The Morgan fingerprint density at radius 2 is 0.168 bits per heavy atom. The molecule has 0 unspecified atom stereocenters. The number of nitrogens with two attached hydrogens (primary N) is 2. The van der Waals surface area contributed by atoms with Crippen molar-refractivity contribution in [3.8, 4) is 134 Å². The maximum Gasteiger partial charge on any atom is 2.00 e. The third-order valence-corrected chi connectivity index (χ3v) is 21.2. The largest absolute Gasteiger partial charge is 2.00 e. The molecule has 0 aliphatic rings. The molecule has 0 amide bonds. The smallest absolute Gasteiger partial charge is 0.545 e. The van der Waals surface area contributed by atoms with Crippen molar-refractivity contribution in [2.75, 3.05) is 28.2 Å². The van der Waals surface area contributed by atoms with E-state index in [0.717, 1.165) is 134 Å². The Labute approximate surface area is 1040 Å². The number of rotatable bonds is 24. The molecule has 0 bridgehead atoms. The molecule has 0 heterocycles. The van der Waals surface area contributed by atoms with Crippen LogP contribution in [0.3, 0.4) is 0 Å². The average molecular weight is 2380 g/mol. The second-order valence-electron chi connectivity index (χ2n) is 30.7. The Kier molecular flexibility index (Phi) is 60.8. The van der Waals surface area contributed by atoms with Gasteiger partial charge in [-0.3, -0.25) is 0 Å². The number of benzene rings is 16. The van der Waals surface area contributed by atoms with Gasteiger partial charge in [0, 0.05) is 0 Å². The van der Waals surface area contributed by atoms with Crippen LogP contribution in [0.5, 0.6) is 0 Å². The molecule has 37 heteroatoms. The maximum absolute atomic E-state index is 11.1. The van der Waals surface area contributed by atoms with Gasteiger partial charge in [0.05, 0.1) is 99.8 Å². The first kappa shape index (κ1) is 137. The van der Waals surface area contributed by atoms with Gasteiger partial charge in [0.2, 0.25) is 0 Å². The molecule has 0 fully saturated rings. The molecule has 0 radical (unpaired) electrons. The second kappa shape index (κ2) is 66.0. The minimum Gasteiger partial charge on any atom is -0.545 e. The third kappa shape index (κ3) is 38.6. The fourth-order valence-electron chi connectivity index (χ4n) is 14.1. The quantitative estimate of drug-likeness (QED) is 0.0611. The molecule has 0 saturated carbocycles. The molecule has 0 spiro atoms. The van der Waals surface area contributed by atoms with Gasteiger partial charge in [-0.25, -0.2) is 0 Å². The van der Waals surface area contributed by atoms with E-state index < -0.39 is 71.6 Å². The van der Waals surface area contributed by atoms with Crippen LogP contribution in [0.2, 0.25) is 0 Å². The molecule has 0 aliphatic heterocycles. The summed E-state index contributed by atoms with van der Waals surface area (Å²) in [4.78, 5) is 133. The van der Waals surface area contributed by atoms with Crippen molar-refractivity contribution in [3.63, 3.8) is 0 Å². The van der Waals surface area contributed by atoms with E-state index in [4.69, 9.17) is 0 Å². The van der Waals surface area contributed by atoms with E-state index in [9.17, 15) is 119 Å². The van der Waals surface area contributed by atoms with E-state index in [1.54, 1.807) is 146 Å². The fourth-order valence-corrected chi connectivity index (χ4v) is 14.1. The minimum absolute atomic E-state index is 0. The van der Waals surface area contributed by atoms with Gasteiger partial charge in [0.25, 0.3) is 0 Å². The number of aromatic carboxylic acids is 12. The molecule has 0 aromatic heterocycles. The Hall–Kier alpha value is -11.8. The van der Waals surface area contributed by atoms with E-state index >= 15 is 0 Å². The molecule has 16 N–H and O–H groups in total. The van der Waals surface area contributed by atoms with Crippen molar-refractivity contribution >= 4 is 299 Å². The van der Waals surface area contributed by atoms with Crippen LogP contribution in [-0.2, 0) is 0 Å². The molecule has 16 aromatic rings. The summed E-state index contributed by atoms with van der Waals surface area (Å²) in [6.45, 7) is 0. The molecule has 16 aromatic carbocycles. The number of quaternary nitrogens is 2. The number of carboxylic acids is 12. The molecule has 0 saturated heterocycles. The van der Waals surface area contributed by atoms with E-state index in [-0.39, 0.29) is 327 Å². The monoisotopic (exact) mass is 2380 g/mol. The summed E-state index contributed by atoms with van der Waals surface area (Å²) < 4.78 is 0. The van der Waals surface area contributed by atoms with Crippen LogP contribution in [0.15, 0.2) is 364 Å². The Morgan fingerprint density at radius 1 is 0.121 bits per heavy atom. The zero-order valence-electron chi connectivity index (χ0n) is 80.1. The third-order valence-electron chi connectivity index (χ3n) is 21.2. The average Bonchev–Trinajstić information content (AvgIpc) is 0.805. The molecule has 736 valence electrons. The van der Waals surface area contributed by atoms with Gasteiger partial charge >= 0.3 is 227 Å². The predicted octanol–water partition coefficient (Wildman–Crippen LogP) is -2.12. The zero-order chi connectivity index (χ0) is 99.6. The molecular formula is C112H88N2O30Sr5. The van der Waals surface area contributed by atoms with Gasteiger partial charge < -0.3 is 162 Å². The van der Waals surface area contributed by atoms with Crippen LogP contribution in [-0.4, -0.2) is 360 Å². The van der Waals surface area contributed by atoms with Crippen molar-refractivity contribution in [2.45, 2.75) is 0 Å². The number of hydrogen-bond acceptors (Lipinski definition) is 24. The first-order valence-corrected chi connectivity index (χ1v) is 42.0. The number of carbonyl (C=O) groups is 12. The summed E-state index contributed by atoms with van der Waals surface area (Å²) in [6.07, 6.45) is 0. The number of carboxylic acid groups (broad SMARTS) is 12. The topological polar surface area (TPSA) is 704 Å². The summed E-state index contributed by atoms with van der Waals surface area (Å²) in [6, 6.07) is 98.0. The van der Waals surface area contributed by atoms with Crippen LogP contribution >= 0.6 is 0 Å². The van der Waals surface area contributed by atoms with E-state index in [1.165, 1.54) is 146 Å². The van der Waals surface area contributed by atoms with Crippen LogP contribution in [0, 0.1) is 0 Å². The van der Waals surface area contributed by atoms with Crippen molar-refractivity contribution in [3.05, 3.63) is 431 Å². The van der Waals surface area contributed by atoms with Crippen LogP contribution in [0.25, 0.3) is 134 Å². The van der Waals surface area contributed by atoms with Crippen LogP contribution in [0.4, 0.5) is 0 Å². The first-order chi connectivity index (χ1) is 66.1. The zero-order valence-corrected chi connectivity index (χ0v) is 97.5. The standard InChI is InChI=1S/4C27H18O6.2C2H7N.6H2O.5Sr/c4*28-25(29)19-7-1-16(2-8-19)22-13-23(17-3-9-20(10-4-17)26(30)31)15-24(14-22)18-5-11-21(12-6-18)27(32)33;2*1-3-2;;;;;;;;;;;/h4*1-15H,(H,28,29)(H,30,31)(H,32,33);2*3H,1-2H3;6*1H2;;;;;/q;;;;;;;;;;;;5*+2/p-10. The van der Waals surface area contributed by atoms with Crippen LogP contribution in [0.1, 0.15) is 124 Å². The Bertz CT molecular complexity index is 5640. The Balaban J connectivity index is 0.00000188. The molecule has 0 aliphatic carbocycles. The maximum atomic E-state index is 11.1. The van der Waals surface area contributed by atoms with Crippen molar-refractivity contribution in [2.24, 2.45) is 0 Å². The molecule has 0 atom stereocenters. The van der Waals surface area contributed by atoms with Gasteiger partial charge in [0.15, 0.2) is 0 Å². The fraction of sp³-hybridized carbons (Fsp3) is 0.0357. The normalized spacial score (nSPS) is 9.58. The van der Waals surface area contributed by atoms with Gasteiger partial charge in [-0.15, -0.1) is 0 Å². The van der Waals surface area contributed by atoms with Crippen molar-refractivity contribution in [1.29, 1.82) is 0 Å². The Morgan fingerprint density at radius 3 is 0.208 bits per heavy atom. The first-order valence-electron chi connectivity index (χ1n) is 42.0. The van der Waals surface area contributed by atoms with Crippen molar-refractivity contribution < 1.29 is 162 Å².